The van der Waals surface area contributed by atoms with E-state index in [1.807, 2.05) is 37.3 Å². The summed E-state index contributed by atoms with van der Waals surface area (Å²) in [5.41, 5.74) is 0.985. The summed E-state index contributed by atoms with van der Waals surface area (Å²) in [6, 6.07) is 9.57. The minimum Gasteiger partial charge on any atom is -0.445 e. The average molecular weight is 192 g/mol. The summed E-state index contributed by atoms with van der Waals surface area (Å²) >= 11 is 0. The predicted octanol–water partition coefficient (Wildman–Crippen LogP) is 2.48. The Hall–Kier alpha value is -1.51. The molecule has 0 aliphatic carbocycles. The van der Waals surface area contributed by atoms with Crippen LogP contribution in [0, 0.1) is 6.54 Å². The maximum Gasteiger partial charge on any atom is 0.407 e. The summed E-state index contributed by atoms with van der Waals surface area (Å²) in [7, 11) is 0. The molecule has 1 aromatic rings. The van der Waals surface area contributed by atoms with Crippen molar-refractivity contribution < 1.29 is 9.53 Å². The SMILES string of the molecule is CC[CH]NC(=O)OCc1ccccc1. The second-order valence-corrected chi connectivity index (χ2v) is 2.82. The molecule has 0 aliphatic heterocycles. The molecule has 75 valence electrons. The normalized spacial score (nSPS) is 9.50. The largest absolute Gasteiger partial charge is 0.445 e. The number of carbonyl (C=O) groups excluding carboxylic acids is 1. The van der Waals surface area contributed by atoms with Crippen LogP contribution in [0.25, 0.3) is 0 Å². The number of benzene rings is 1. The molecule has 0 aliphatic rings. The lowest BCUT2D eigenvalue weighted by Gasteiger charge is -2.05. The van der Waals surface area contributed by atoms with Crippen LogP contribution in [0.1, 0.15) is 18.9 Å². The fourth-order valence-electron chi connectivity index (χ4n) is 0.950. The fraction of sp³-hybridized carbons (Fsp3) is 0.273. The highest BCUT2D eigenvalue weighted by Gasteiger charge is 2.00. The molecule has 1 N–H and O–H groups in total. The van der Waals surface area contributed by atoms with Crippen LogP contribution in [-0.4, -0.2) is 6.09 Å². The number of ether oxygens (including phenoxy) is 1. The number of nitrogens with one attached hydrogen (secondary N) is 1. The molecule has 0 aromatic heterocycles. The van der Waals surface area contributed by atoms with Crippen LogP contribution in [0.2, 0.25) is 0 Å². The molecule has 0 atom stereocenters. The number of rotatable bonds is 4. The topological polar surface area (TPSA) is 38.3 Å². The summed E-state index contributed by atoms with van der Waals surface area (Å²) < 4.78 is 4.95. The molecule has 3 nitrogen and oxygen atoms in total. The molecule has 3 heteroatoms. The molecule has 1 radical (unpaired) electrons. The van der Waals surface area contributed by atoms with Crippen LogP contribution in [0.3, 0.4) is 0 Å². The summed E-state index contributed by atoms with van der Waals surface area (Å²) in [4.78, 5) is 11.0. The van der Waals surface area contributed by atoms with E-state index in [1.165, 1.54) is 0 Å². The van der Waals surface area contributed by atoms with Crippen molar-refractivity contribution in [1.82, 2.24) is 5.32 Å². The van der Waals surface area contributed by atoms with Crippen LogP contribution in [0.15, 0.2) is 30.3 Å². The standard InChI is InChI=1S/C11H14NO2/c1-2-8-12-11(13)14-9-10-6-4-3-5-7-10/h3-8H,2,9H2,1H3,(H,12,13). The van der Waals surface area contributed by atoms with Gasteiger partial charge in [0.05, 0.1) is 6.54 Å². The van der Waals surface area contributed by atoms with Gasteiger partial charge in [0.15, 0.2) is 0 Å². The van der Waals surface area contributed by atoms with Gasteiger partial charge in [-0.25, -0.2) is 4.79 Å². The van der Waals surface area contributed by atoms with Gasteiger partial charge in [-0.2, -0.15) is 0 Å². The molecule has 0 fully saturated rings. The number of hydrogen-bond acceptors (Lipinski definition) is 2. The van der Waals surface area contributed by atoms with Crippen LogP contribution < -0.4 is 5.32 Å². The molecule has 14 heavy (non-hydrogen) atoms. The third-order valence-electron chi connectivity index (χ3n) is 1.64. The quantitative estimate of drug-likeness (QED) is 0.795. The van der Waals surface area contributed by atoms with E-state index in [0.29, 0.717) is 6.61 Å². The van der Waals surface area contributed by atoms with Crippen molar-refractivity contribution in [3.05, 3.63) is 42.4 Å². The molecule has 0 bridgehead atoms. The van der Waals surface area contributed by atoms with Crippen LogP contribution >= 0.6 is 0 Å². The van der Waals surface area contributed by atoms with Gasteiger partial charge < -0.3 is 10.1 Å². The minimum atomic E-state index is -0.407. The zero-order chi connectivity index (χ0) is 10.2. The summed E-state index contributed by atoms with van der Waals surface area (Å²) in [5, 5.41) is 2.52. The third-order valence-corrected chi connectivity index (χ3v) is 1.64. The van der Waals surface area contributed by atoms with E-state index in [4.69, 9.17) is 4.74 Å². The van der Waals surface area contributed by atoms with Gasteiger partial charge in [0.25, 0.3) is 0 Å². The van der Waals surface area contributed by atoms with Crippen molar-refractivity contribution >= 4 is 6.09 Å². The van der Waals surface area contributed by atoms with Crippen molar-refractivity contribution in [3.63, 3.8) is 0 Å². The summed E-state index contributed by atoms with van der Waals surface area (Å²) in [6.07, 6.45) is 0.385. The smallest absolute Gasteiger partial charge is 0.407 e. The van der Waals surface area contributed by atoms with Crippen molar-refractivity contribution in [1.29, 1.82) is 0 Å². The van der Waals surface area contributed by atoms with Crippen molar-refractivity contribution in [2.75, 3.05) is 0 Å². The van der Waals surface area contributed by atoms with Gasteiger partial charge in [0.2, 0.25) is 0 Å². The zero-order valence-electron chi connectivity index (χ0n) is 8.19. The van der Waals surface area contributed by atoms with Crippen LogP contribution in [-0.2, 0) is 11.3 Å². The van der Waals surface area contributed by atoms with E-state index in [9.17, 15) is 4.79 Å². The van der Waals surface area contributed by atoms with Gasteiger partial charge in [-0.1, -0.05) is 37.3 Å². The molecule has 0 saturated carbocycles. The molecule has 1 rings (SSSR count). The van der Waals surface area contributed by atoms with Crippen LogP contribution in [0.5, 0.6) is 0 Å². The number of carbonyl (C=O) groups is 1. The maximum absolute atomic E-state index is 11.0. The van der Waals surface area contributed by atoms with E-state index >= 15 is 0 Å². The Morgan fingerprint density at radius 3 is 2.79 bits per heavy atom. The highest BCUT2D eigenvalue weighted by molar-refractivity contribution is 5.67. The Morgan fingerprint density at radius 2 is 2.14 bits per heavy atom. The Labute approximate surface area is 84.1 Å². The van der Waals surface area contributed by atoms with E-state index < -0.39 is 6.09 Å². The number of amides is 1. The first-order valence-electron chi connectivity index (χ1n) is 4.62. The molecular formula is C11H14NO2. The second-order valence-electron chi connectivity index (χ2n) is 2.82. The average Bonchev–Trinajstić information content (AvgIpc) is 2.25. The van der Waals surface area contributed by atoms with Crippen molar-refractivity contribution in [2.45, 2.75) is 20.0 Å². The van der Waals surface area contributed by atoms with E-state index in [2.05, 4.69) is 5.32 Å². The second kappa shape index (κ2) is 6.02. The lowest BCUT2D eigenvalue weighted by Crippen LogP contribution is -2.21. The Morgan fingerprint density at radius 1 is 1.43 bits per heavy atom. The Kier molecular flexibility index (Phi) is 4.55. The highest BCUT2D eigenvalue weighted by atomic mass is 16.5. The highest BCUT2D eigenvalue weighted by Crippen LogP contribution is 2.00. The molecular weight excluding hydrogens is 178 g/mol. The van der Waals surface area contributed by atoms with Gasteiger partial charge in [-0.05, 0) is 12.0 Å². The van der Waals surface area contributed by atoms with Gasteiger partial charge >= 0.3 is 6.09 Å². The van der Waals surface area contributed by atoms with Crippen molar-refractivity contribution in [3.8, 4) is 0 Å². The molecule has 0 heterocycles. The molecule has 0 saturated heterocycles. The Balaban J connectivity index is 2.24. The number of alkyl carbamates (subject to hydrolysis) is 1. The minimum absolute atomic E-state index is 0.310. The monoisotopic (exact) mass is 192 g/mol. The Bertz CT molecular complexity index is 272. The van der Waals surface area contributed by atoms with E-state index in [1.54, 1.807) is 6.54 Å². The van der Waals surface area contributed by atoms with E-state index in [-0.39, 0.29) is 0 Å². The lowest BCUT2D eigenvalue weighted by molar-refractivity contribution is 0.142. The first kappa shape index (κ1) is 10.6. The number of hydrogen-bond donors (Lipinski definition) is 1. The molecule has 1 aromatic carbocycles. The zero-order valence-corrected chi connectivity index (χ0v) is 8.19. The summed E-state index contributed by atoms with van der Waals surface area (Å²) in [6.45, 7) is 3.91. The van der Waals surface area contributed by atoms with E-state index in [0.717, 1.165) is 12.0 Å². The van der Waals surface area contributed by atoms with Crippen LogP contribution in [0.4, 0.5) is 4.79 Å². The fourth-order valence-corrected chi connectivity index (χ4v) is 0.950. The first-order chi connectivity index (χ1) is 6.83. The molecule has 0 spiro atoms. The predicted molar refractivity (Wildman–Crippen MR) is 54.4 cm³/mol. The van der Waals surface area contributed by atoms with Crippen molar-refractivity contribution in [2.24, 2.45) is 0 Å². The lowest BCUT2D eigenvalue weighted by atomic mass is 10.2. The van der Waals surface area contributed by atoms with Gasteiger partial charge in [0, 0.05) is 0 Å². The molecule has 1 amide bonds. The summed E-state index contributed by atoms with van der Waals surface area (Å²) in [5.74, 6) is 0. The first-order valence-corrected chi connectivity index (χ1v) is 4.62. The van der Waals surface area contributed by atoms with Gasteiger partial charge in [0.1, 0.15) is 6.61 Å². The van der Waals surface area contributed by atoms with Gasteiger partial charge in [-0.15, -0.1) is 0 Å². The van der Waals surface area contributed by atoms with Gasteiger partial charge in [-0.3, -0.25) is 0 Å². The maximum atomic E-state index is 11.0. The third kappa shape index (κ3) is 3.94. The molecule has 0 unspecified atom stereocenters.